The fraction of sp³-hybridized carbons (Fsp3) is 0.412. The molecule has 6 nitrogen and oxygen atoms in total. The fourth-order valence-electron chi connectivity index (χ4n) is 2.84. The Balaban J connectivity index is 1.61. The Bertz CT molecular complexity index is 720. The van der Waals surface area contributed by atoms with Gasteiger partial charge in [0.25, 0.3) is 11.8 Å². The van der Waals surface area contributed by atoms with E-state index >= 15 is 0 Å². The second kappa shape index (κ2) is 7.53. The van der Waals surface area contributed by atoms with Crippen LogP contribution in [-0.2, 0) is 6.42 Å². The van der Waals surface area contributed by atoms with Gasteiger partial charge in [-0.1, -0.05) is 24.3 Å². The highest BCUT2D eigenvalue weighted by atomic mass is 32.1. The summed E-state index contributed by atoms with van der Waals surface area (Å²) in [4.78, 5) is 25.0. The van der Waals surface area contributed by atoms with E-state index in [4.69, 9.17) is 0 Å². The number of hydrogen-bond donors (Lipinski definition) is 2. The molecule has 1 aromatic heterocycles. The summed E-state index contributed by atoms with van der Waals surface area (Å²) in [5, 5.41) is 9.81. The summed E-state index contributed by atoms with van der Waals surface area (Å²) in [5.41, 5.74) is 1.95. The van der Waals surface area contributed by atoms with Crippen LogP contribution in [0.25, 0.3) is 0 Å². The molecule has 2 N–H and O–H groups in total. The maximum atomic E-state index is 12.2. The molecule has 3 rings (SSSR count). The van der Waals surface area contributed by atoms with Gasteiger partial charge in [-0.15, -0.1) is 5.10 Å². The van der Waals surface area contributed by atoms with E-state index in [1.54, 1.807) is 24.3 Å². The molecule has 1 fully saturated rings. The lowest BCUT2D eigenvalue weighted by Gasteiger charge is -2.12. The topological polar surface area (TPSA) is 84.0 Å². The predicted octanol–water partition coefficient (Wildman–Crippen LogP) is 3.03. The Morgan fingerprint density at radius 2 is 1.88 bits per heavy atom. The number of amides is 2. The van der Waals surface area contributed by atoms with Crippen molar-refractivity contribution in [3.05, 3.63) is 40.4 Å². The smallest absolute Gasteiger partial charge is 0.269 e. The second-order valence-corrected chi connectivity index (χ2v) is 6.64. The molecule has 0 aliphatic heterocycles. The third-order valence-corrected chi connectivity index (χ3v) is 4.96. The van der Waals surface area contributed by atoms with Crippen LogP contribution in [0.15, 0.2) is 24.3 Å². The number of benzene rings is 1. The molecule has 1 aromatic carbocycles. The SMILES string of the molecule is CCc1nnsc1C(=O)Nc1ccc(C(=O)NC2CCCC2)cc1. The van der Waals surface area contributed by atoms with Gasteiger partial charge in [0.2, 0.25) is 0 Å². The average Bonchev–Trinajstić information content (AvgIpc) is 3.26. The van der Waals surface area contributed by atoms with Gasteiger partial charge in [0.1, 0.15) is 4.88 Å². The lowest BCUT2D eigenvalue weighted by Crippen LogP contribution is -2.32. The first-order chi connectivity index (χ1) is 11.7. The predicted molar refractivity (Wildman–Crippen MR) is 93.4 cm³/mol. The molecule has 2 aromatic rings. The minimum Gasteiger partial charge on any atom is -0.349 e. The van der Waals surface area contributed by atoms with E-state index in [1.165, 1.54) is 12.8 Å². The largest absolute Gasteiger partial charge is 0.349 e. The van der Waals surface area contributed by atoms with Crippen molar-refractivity contribution in [1.29, 1.82) is 0 Å². The van der Waals surface area contributed by atoms with Crippen LogP contribution < -0.4 is 10.6 Å². The molecule has 0 saturated heterocycles. The number of aromatic nitrogens is 2. The van der Waals surface area contributed by atoms with Crippen LogP contribution in [0.1, 0.15) is 58.3 Å². The molecule has 7 heteroatoms. The Morgan fingerprint density at radius 1 is 1.17 bits per heavy atom. The molecule has 0 spiro atoms. The number of carbonyl (C=O) groups excluding carboxylic acids is 2. The molecule has 0 unspecified atom stereocenters. The molecular weight excluding hydrogens is 324 g/mol. The maximum absolute atomic E-state index is 12.2. The van der Waals surface area contributed by atoms with Gasteiger partial charge in [-0.05, 0) is 55.1 Å². The van der Waals surface area contributed by atoms with Crippen LogP contribution in [0.5, 0.6) is 0 Å². The maximum Gasteiger partial charge on any atom is 0.269 e. The standard InChI is InChI=1S/C17H20N4O2S/c1-2-14-15(24-21-20-14)17(23)19-13-9-7-11(8-10-13)16(22)18-12-5-3-4-6-12/h7-10,12H,2-6H2,1H3,(H,18,22)(H,19,23). The van der Waals surface area contributed by atoms with E-state index in [0.29, 0.717) is 34.3 Å². The van der Waals surface area contributed by atoms with E-state index in [9.17, 15) is 9.59 Å². The highest BCUT2D eigenvalue weighted by Crippen LogP contribution is 2.19. The van der Waals surface area contributed by atoms with E-state index in [1.807, 2.05) is 6.92 Å². The molecule has 1 aliphatic carbocycles. The van der Waals surface area contributed by atoms with Gasteiger partial charge in [0, 0.05) is 17.3 Å². The molecule has 126 valence electrons. The lowest BCUT2D eigenvalue weighted by molar-refractivity contribution is 0.0937. The Morgan fingerprint density at radius 3 is 2.54 bits per heavy atom. The highest BCUT2D eigenvalue weighted by molar-refractivity contribution is 7.08. The number of carbonyl (C=O) groups is 2. The van der Waals surface area contributed by atoms with Crippen LogP contribution in [-0.4, -0.2) is 27.4 Å². The van der Waals surface area contributed by atoms with Gasteiger partial charge in [0.05, 0.1) is 5.69 Å². The molecule has 2 amide bonds. The zero-order valence-corrected chi connectivity index (χ0v) is 14.4. The molecular formula is C17H20N4O2S. The van der Waals surface area contributed by atoms with E-state index < -0.39 is 0 Å². The minimum atomic E-state index is -0.218. The Kier molecular flexibility index (Phi) is 5.20. The van der Waals surface area contributed by atoms with E-state index in [-0.39, 0.29) is 11.8 Å². The fourth-order valence-corrected chi connectivity index (χ4v) is 3.49. The molecule has 0 bridgehead atoms. The van der Waals surface area contributed by atoms with Gasteiger partial charge in [0.15, 0.2) is 0 Å². The van der Waals surface area contributed by atoms with Crippen molar-refractivity contribution in [3.8, 4) is 0 Å². The number of hydrogen-bond acceptors (Lipinski definition) is 5. The summed E-state index contributed by atoms with van der Waals surface area (Å²) in [7, 11) is 0. The van der Waals surface area contributed by atoms with Crippen LogP contribution in [0.4, 0.5) is 5.69 Å². The van der Waals surface area contributed by atoms with Crippen molar-refractivity contribution in [2.45, 2.75) is 45.1 Å². The highest BCUT2D eigenvalue weighted by Gasteiger charge is 2.18. The number of nitrogens with zero attached hydrogens (tertiary/aromatic N) is 2. The van der Waals surface area contributed by atoms with Crippen molar-refractivity contribution in [3.63, 3.8) is 0 Å². The molecule has 24 heavy (non-hydrogen) atoms. The van der Waals surface area contributed by atoms with E-state index in [0.717, 1.165) is 24.4 Å². The van der Waals surface area contributed by atoms with Gasteiger partial charge in [-0.2, -0.15) is 0 Å². The van der Waals surface area contributed by atoms with Crippen LogP contribution in [0, 0.1) is 0 Å². The third kappa shape index (κ3) is 3.79. The van der Waals surface area contributed by atoms with Gasteiger partial charge >= 0.3 is 0 Å². The monoisotopic (exact) mass is 344 g/mol. The van der Waals surface area contributed by atoms with Gasteiger partial charge in [-0.3, -0.25) is 9.59 Å². The first-order valence-electron chi connectivity index (χ1n) is 8.21. The van der Waals surface area contributed by atoms with Gasteiger partial charge < -0.3 is 10.6 Å². The van der Waals surface area contributed by atoms with E-state index in [2.05, 4.69) is 20.2 Å². The Labute approximate surface area is 144 Å². The number of aryl methyl sites for hydroxylation is 1. The number of rotatable bonds is 5. The van der Waals surface area contributed by atoms with Crippen molar-refractivity contribution < 1.29 is 9.59 Å². The normalized spacial score (nSPS) is 14.5. The van der Waals surface area contributed by atoms with Gasteiger partial charge in [-0.25, -0.2) is 0 Å². The first-order valence-corrected chi connectivity index (χ1v) is 8.98. The molecule has 1 aliphatic rings. The zero-order chi connectivity index (χ0) is 16.9. The van der Waals surface area contributed by atoms with Crippen molar-refractivity contribution >= 4 is 29.0 Å². The van der Waals surface area contributed by atoms with Crippen LogP contribution in [0.2, 0.25) is 0 Å². The molecule has 0 radical (unpaired) electrons. The summed E-state index contributed by atoms with van der Waals surface area (Å²) >= 11 is 1.09. The van der Waals surface area contributed by atoms with Crippen LogP contribution in [0.3, 0.4) is 0 Å². The molecule has 1 heterocycles. The summed E-state index contributed by atoms with van der Waals surface area (Å²) in [6.07, 6.45) is 5.15. The zero-order valence-electron chi connectivity index (χ0n) is 13.5. The lowest BCUT2D eigenvalue weighted by atomic mass is 10.1. The summed E-state index contributed by atoms with van der Waals surface area (Å²) in [6.45, 7) is 1.94. The molecule has 1 saturated carbocycles. The minimum absolute atomic E-state index is 0.0558. The quantitative estimate of drug-likeness (QED) is 0.873. The van der Waals surface area contributed by atoms with Crippen molar-refractivity contribution in [1.82, 2.24) is 14.9 Å². The summed E-state index contributed by atoms with van der Waals surface area (Å²) < 4.78 is 3.82. The number of nitrogens with one attached hydrogen (secondary N) is 2. The van der Waals surface area contributed by atoms with Crippen molar-refractivity contribution in [2.75, 3.05) is 5.32 Å². The Hall–Kier alpha value is -2.28. The summed E-state index contributed by atoms with van der Waals surface area (Å²) in [5.74, 6) is -0.273. The van der Waals surface area contributed by atoms with Crippen LogP contribution >= 0.6 is 11.5 Å². The van der Waals surface area contributed by atoms with Crippen molar-refractivity contribution in [2.24, 2.45) is 0 Å². The third-order valence-electron chi connectivity index (χ3n) is 4.19. The second-order valence-electron chi connectivity index (χ2n) is 5.89. The molecule has 0 atom stereocenters. The first kappa shape index (κ1) is 16.6. The summed E-state index contributed by atoms with van der Waals surface area (Å²) in [6, 6.07) is 7.23. The number of anilines is 1. The average molecular weight is 344 g/mol.